The predicted octanol–water partition coefficient (Wildman–Crippen LogP) is 3.41. The van der Waals surface area contributed by atoms with Gasteiger partial charge in [0, 0.05) is 11.1 Å². The van der Waals surface area contributed by atoms with Crippen LogP contribution in [0.4, 0.5) is 0 Å². The van der Waals surface area contributed by atoms with E-state index in [1.807, 2.05) is 60.7 Å². The zero-order valence-electron chi connectivity index (χ0n) is 12.6. The summed E-state index contributed by atoms with van der Waals surface area (Å²) in [5, 5.41) is 4.21. The van der Waals surface area contributed by atoms with E-state index in [9.17, 15) is 4.79 Å². The molecule has 2 aromatic rings. The molecule has 4 nitrogen and oxygen atoms in total. The van der Waals surface area contributed by atoms with E-state index in [-0.39, 0.29) is 19.0 Å². The largest absolute Gasteiger partial charge is 0.466 e. The molecule has 0 aliphatic carbocycles. The molecule has 0 N–H and O–H groups in total. The molecule has 0 aromatic heterocycles. The summed E-state index contributed by atoms with van der Waals surface area (Å²) in [5.41, 5.74) is 2.67. The minimum atomic E-state index is -0.279. The van der Waals surface area contributed by atoms with Crippen molar-refractivity contribution >= 4 is 11.7 Å². The molecular formula is C18H19NO3. The molecule has 0 saturated carbocycles. The summed E-state index contributed by atoms with van der Waals surface area (Å²) in [5.74, 6) is -0.279. The van der Waals surface area contributed by atoms with Gasteiger partial charge in [0.1, 0.15) is 12.3 Å². The Morgan fingerprint density at radius 2 is 1.50 bits per heavy atom. The first-order valence-corrected chi connectivity index (χ1v) is 7.27. The van der Waals surface area contributed by atoms with Crippen molar-refractivity contribution in [2.75, 3.05) is 13.2 Å². The van der Waals surface area contributed by atoms with Crippen molar-refractivity contribution in [3.05, 3.63) is 71.8 Å². The highest BCUT2D eigenvalue weighted by Gasteiger charge is 2.07. The van der Waals surface area contributed by atoms with Crippen LogP contribution in [0, 0.1) is 0 Å². The molecule has 0 fully saturated rings. The highest BCUT2D eigenvalue weighted by atomic mass is 16.6. The Balaban J connectivity index is 2.09. The molecule has 0 unspecified atom stereocenters. The Morgan fingerprint density at radius 3 is 2.00 bits per heavy atom. The highest BCUT2D eigenvalue weighted by molar-refractivity contribution is 6.12. The number of benzene rings is 2. The van der Waals surface area contributed by atoms with Gasteiger partial charge >= 0.3 is 5.97 Å². The number of ether oxygens (including phenoxy) is 1. The highest BCUT2D eigenvalue weighted by Crippen LogP contribution is 2.11. The van der Waals surface area contributed by atoms with E-state index in [0.29, 0.717) is 6.61 Å². The first-order valence-electron chi connectivity index (χ1n) is 7.27. The van der Waals surface area contributed by atoms with Gasteiger partial charge in [-0.25, -0.2) is 0 Å². The molecule has 0 bridgehead atoms. The predicted molar refractivity (Wildman–Crippen MR) is 85.7 cm³/mol. The van der Waals surface area contributed by atoms with Crippen LogP contribution in [-0.2, 0) is 14.4 Å². The van der Waals surface area contributed by atoms with Crippen LogP contribution >= 0.6 is 0 Å². The fourth-order valence-electron chi connectivity index (χ4n) is 1.94. The second-order valence-electron chi connectivity index (χ2n) is 4.56. The lowest BCUT2D eigenvalue weighted by molar-refractivity contribution is -0.144. The van der Waals surface area contributed by atoms with E-state index >= 15 is 0 Å². The summed E-state index contributed by atoms with van der Waals surface area (Å²) in [6.07, 6.45) is 0.189. The van der Waals surface area contributed by atoms with Gasteiger partial charge < -0.3 is 9.57 Å². The molecule has 0 spiro atoms. The number of esters is 1. The van der Waals surface area contributed by atoms with E-state index < -0.39 is 0 Å². The third kappa shape index (κ3) is 4.74. The first-order chi connectivity index (χ1) is 10.8. The Labute approximate surface area is 130 Å². The van der Waals surface area contributed by atoms with Crippen molar-refractivity contribution in [3.8, 4) is 0 Å². The fourth-order valence-corrected chi connectivity index (χ4v) is 1.94. The van der Waals surface area contributed by atoms with Crippen molar-refractivity contribution in [1.29, 1.82) is 0 Å². The van der Waals surface area contributed by atoms with Crippen molar-refractivity contribution in [1.82, 2.24) is 0 Å². The maximum atomic E-state index is 11.3. The van der Waals surface area contributed by atoms with E-state index in [0.717, 1.165) is 16.8 Å². The smallest absolute Gasteiger partial charge is 0.309 e. The standard InChI is InChI=1S/C18H19NO3/c1-2-21-17(20)13-14-22-19-18(15-9-5-3-6-10-15)16-11-7-4-8-12-16/h3-12H,2,13-14H2,1H3. The van der Waals surface area contributed by atoms with E-state index in [1.54, 1.807) is 6.92 Å². The lowest BCUT2D eigenvalue weighted by Gasteiger charge is -2.07. The van der Waals surface area contributed by atoms with Gasteiger partial charge in [0.05, 0.1) is 13.0 Å². The van der Waals surface area contributed by atoms with Crippen LogP contribution in [0.15, 0.2) is 65.8 Å². The fraction of sp³-hybridized carbons (Fsp3) is 0.222. The summed E-state index contributed by atoms with van der Waals surface area (Å²) in [7, 11) is 0. The molecule has 0 radical (unpaired) electrons. The normalized spacial score (nSPS) is 9.86. The van der Waals surface area contributed by atoms with Gasteiger partial charge in [-0.3, -0.25) is 4.79 Å². The van der Waals surface area contributed by atoms with Crippen LogP contribution in [0.1, 0.15) is 24.5 Å². The van der Waals surface area contributed by atoms with Crippen LogP contribution in [-0.4, -0.2) is 24.9 Å². The zero-order chi connectivity index (χ0) is 15.6. The molecule has 0 amide bonds. The quantitative estimate of drug-likeness (QED) is 0.340. The summed E-state index contributed by atoms with van der Waals surface area (Å²) >= 11 is 0. The van der Waals surface area contributed by atoms with E-state index in [4.69, 9.17) is 9.57 Å². The van der Waals surface area contributed by atoms with Crippen molar-refractivity contribution in [3.63, 3.8) is 0 Å². The number of hydrogen-bond acceptors (Lipinski definition) is 4. The average Bonchev–Trinajstić information content (AvgIpc) is 2.57. The zero-order valence-corrected chi connectivity index (χ0v) is 12.6. The van der Waals surface area contributed by atoms with Crippen LogP contribution in [0.5, 0.6) is 0 Å². The number of nitrogens with zero attached hydrogens (tertiary/aromatic N) is 1. The maximum Gasteiger partial charge on any atom is 0.309 e. The van der Waals surface area contributed by atoms with Crippen molar-refractivity contribution in [2.24, 2.45) is 5.16 Å². The van der Waals surface area contributed by atoms with Crippen LogP contribution in [0.3, 0.4) is 0 Å². The topological polar surface area (TPSA) is 47.9 Å². The average molecular weight is 297 g/mol. The van der Waals surface area contributed by atoms with Crippen LogP contribution in [0.25, 0.3) is 0 Å². The van der Waals surface area contributed by atoms with Crippen LogP contribution in [0.2, 0.25) is 0 Å². The first kappa shape index (κ1) is 15.8. The van der Waals surface area contributed by atoms with E-state index in [2.05, 4.69) is 5.16 Å². The van der Waals surface area contributed by atoms with Gasteiger partial charge in [0.2, 0.25) is 0 Å². The third-order valence-corrected chi connectivity index (χ3v) is 2.95. The van der Waals surface area contributed by atoms with Gasteiger partial charge in [-0.05, 0) is 6.92 Å². The summed E-state index contributed by atoms with van der Waals surface area (Å²) in [4.78, 5) is 16.6. The molecule has 0 atom stereocenters. The Kier molecular flexibility index (Phi) is 6.18. The van der Waals surface area contributed by atoms with Gasteiger partial charge in [-0.2, -0.15) is 0 Å². The number of oxime groups is 1. The van der Waals surface area contributed by atoms with Gasteiger partial charge in [-0.1, -0.05) is 65.8 Å². The molecule has 0 aliphatic rings. The molecule has 2 rings (SSSR count). The molecule has 2 aromatic carbocycles. The maximum absolute atomic E-state index is 11.3. The number of hydrogen-bond donors (Lipinski definition) is 0. The Hall–Kier alpha value is -2.62. The summed E-state index contributed by atoms with van der Waals surface area (Å²) < 4.78 is 4.85. The molecule has 114 valence electrons. The Bertz CT molecular complexity index is 567. The number of carbonyl (C=O) groups is 1. The number of rotatable bonds is 7. The SMILES string of the molecule is CCOC(=O)CCON=C(c1ccccc1)c1ccccc1. The number of carbonyl (C=O) groups excluding carboxylic acids is 1. The summed E-state index contributed by atoms with van der Waals surface area (Å²) in [6, 6.07) is 19.6. The molecule has 0 saturated heterocycles. The van der Waals surface area contributed by atoms with Gasteiger partial charge in [0.25, 0.3) is 0 Å². The third-order valence-electron chi connectivity index (χ3n) is 2.95. The van der Waals surface area contributed by atoms with Crippen molar-refractivity contribution in [2.45, 2.75) is 13.3 Å². The molecule has 22 heavy (non-hydrogen) atoms. The molecule has 0 heterocycles. The Morgan fingerprint density at radius 1 is 0.955 bits per heavy atom. The minimum absolute atomic E-state index is 0.189. The van der Waals surface area contributed by atoms with Crippen LogP contribution < -0.4 is 0 Å². The lowest BCUT2D eigenvalue weighted by atomic mass is 10.0. The second-order valence-corrected chi connectivity index (χ2v) is 4.56. The molecule has 0 aliphatic heterocycles. The van der Waals surface area contributed by atoms with Gasteiger partial charge in [0.15, 0.2) is 0 Å². The second kappa shape index (κ2) is 8.62. The summed E-state index contributed by atoms with van der Waals surface area (Å²) in [6.45, 7) is 2.35. The van der Waals surface area contributed by atoms with E-state index in [1.165, 1.54) is 0 Å². The van der Waals surface area contributed by atoms with Gasteiger partial charge in [-0.15, -0.1) is 0 Å². The minimum Gasteiger partial charge on any atom is -0.466 e. The monoisotopic (exact) mass is 297 g/mol. The molecular weight excluding hydrogens is 278 g/mol. The van der Waals surface area contributed by atoms with Crippen molar-refractivity contribution < 1.29 is 14.4 Å². The molecule has 4 heteroatoms. The lowest BCUT2D eigenvalue weighted by Crippen LogP contribution is -2.08.